The molecule has 0 bridgehead atoms. The van der Waals surface area contributed by atoms with E-state index in [1.54, 1.807) is 0 Å². The van der Waals surface area contributed by atoms with E-state index in [1.165, 1.54) is 29.8 Å². The molecule has 240 valence electrons. The minimum atomic E-state index is -0.824. The SMILES string of the molecule is CC1=CC[C@H]2[C@H](CC[C@]2(C)O)C(C)(C)[C@@H]1CC[C@H]1[C@]2(C)CC[C@H](OC(=O)c3ccc(F)cc3)C(C)(C)O[C@H]2CC[C@@]1(C)O. The molecule has 1 aromatic carbocycles. The summed E-state index contributed by atoms with van der Waals surface area (Å²) in [4.78, 5) is 13.0. The van der Waals surface area contributed by atoms with Crippen molar-refractivity contribution in [3.8, 4) is 0 Å². The van der Waals surface area contributed by atoms with E-state index < -0.39 is 34.7 Å². The third kappa shape index (κ3) is 5.97. The summed E-state index contributed by atoms with van der Waals surface area (Å²) in [5.41, 5.74) is -0.641. The molecule has 0 unspecified atom stereocenters. The molecule has 1 aromatic rings. The van der Waals surface area contributed by atoms with Crippen LogP contribution in [0.3, 0.4) is 0 Å². The molecule has 1 heterocycles. The highest BCUT2D eigenvalue weighted by Gasteiger charge is 2.58. The van der Waals surface area contributed by atoms with E-state index >= 15 is 0 Å². The molecule has 3 aliphatic carbocycles. The molecule has 5 nitrogen and oxygen atoms in total. The van der Waals surface area contributed by atoms with E-state index in [-0.39, 0.29) is 28.8 Å². The van der Waals surface area contributed by atoms with Gasteiger partial charge < -0.3 is 19.7 Å². The second kappa shape index (κ2) is 11.2. The van der Waals surface area contributed by atoms with Crippen molar-refractivity contribution >= 4 is 5.97 Å². The summed E-state index contributed by atoms with van der Waals surface area (Å²) in [7, 11) is 0. The number of benzene rings is 1. The third-order valence-electron chi connectivity index (χ3n) is 12.8. The summed E-state index contributed by atoms with van der Waals surface area (Å²) < 4.78 is 26.4. The van der Waals surface area contributed by atoms with Gasteiger partial charge in [-0.15, -0.1) is 0 Å². The number of rotatable bonds is 5. The Morgan fingerprint density at radius 2 is 1.56 bits per heavy atom. The van der Waals surface area contributed by atoms with Crippen LogP contribution in [0.4, 0.5) is 4.39 Å². The van der Waals surface area contributed by atoms with Crippen LogP contribution in [0.5, 0.6) is 0 Å². The van der Waals surface area contributed by atoms with Crippen molar-refractivity contribution in [2.75, 3.05) is 0 Å². The smallest absolute Gasteiger partial charge is 0.338 e. The number of esters is 1. The van der Waals surface area contributed by atoms with E-state index in [2.05, 4.69) is 33.8 Å². The van der Waals surface area contributed by atoms with Gasteiger partial charge in [0.15, 0.2) is 0 Å². The Morgan fingerprint density at radius 1 is 0.907 bits per heavy atom. The Bertz CT molecular complexity index is 1210. The standard InChI is InChI=1S/C37H55FO5/c1-23-9-14-28-27(17-21-36(28,7)40)33(2,3)26(23)15-16-29-35(6)20-18-30(42-32(39)24-10-12-25(38)13-11-24)34(4,5)43-31(35)19-22-37(29,8)41/h9-13,26-31,40-41H,14-22H2,1-8H3/t26-,27+,28+,29+,30+,31+,35+,36+,37-/m1/s1. The van der Waals surface area contributed by atoms with Gasteiger partial charge in [-0.1, -0.05) is 32.4 Å². The van der Waals surface area contributed by atoms with Crippen LogP contribution in [0.1, 0.15) is 124 Å². The molecule has 0 aromatic heterocycles. The first kappa shape index (κ1) is 32.6. The second-order valence-electron chi connectivity index (χ2n) is 16.3. The molecule has 0 radical (unpaired) electrons. The van der Waals surface area contributed by atoms with Gasteiger partial charge in [-0.2, -0.15) is 0 Å². The summed E-state index contributed by atoms with van der Waals surface area (Å²) >= 11 is 0. The average Bonchev–Trinajstić information content (AvgIpc) is 3.12. The van der Waals surface area contributed by atoms with E-state index in [9.17, 15) is 19.4 Å². The number of halogens is 1. The summed E-state index contributed by atoms with van der Waals surface area (Å²) in [5, 5.41) is 23.1. The first-order valence-corrected chi connectivity index (χ1v) is 16.6. The minimum Gasteiger partial charge on any atom is -0.456 e. The number of fused-ring (bicyclic) bond motifs is 2. The summed E-state index contributed by atoms with van der Waals surface area (Å²) in [6.07, 6.45) is 9.43. The monoisotopic (exact) mass is 598 g/mol. The predicted molar refractivity (Wildman–Crippen MR) is 167 cm³/mol. The molecule has 4 aliphatic rings. The molecule has 2 saturated carbocycles. The van der Waals surface area contributed by atoms with E-state index in [4.69, 9.17) is 9.47 Å². The van der Waals surface area contributed by atoms with Gasteiger partial charge in [-0.3, -0.25) is 0 Å². The zero-order chi connectivity index (χ0) is 31.6. The van der Waals surface area contributed by atoms with Crippen LogP contribution in [-0.4, -0.2) is 45.2 Å². The molecule has 6 heteroatoms. The topological polar surface area (TPSA) is 76.0 Å². The lowest BCUT2D eigenvalue weighted by molar-refractivity contribution is -0.206. The van der Waals surface area contributed by atoms with Crippen molar-refractivity contribution in [3.63, 3.8) is 0 Å². The largest absolute Gasteiger partial charge is 0.456 e. The van der Waals surface area contributed by atoms with Crippen molar-refractivity contribution < 1.29 is 28.9 Å². The van der Waals surface area contributed by atoms with Gasteiger partial charge in [0, 0.05) is 0 Å². The number of hydrogen-bond acceptors (Lipinski definition) is 5. The maximum atomic E-state index is 13.4. The summed E-state index contributed by atoms with van der Waals surface area (Å²) in [6, 6.07) is 5.46. The zero-order valence-electron chi connectivity index (χ0n) is 27.7. The van der Waals surface area contributed by atoms with Gasteiger partial charge in [0.25, 0.3) is 0 Å². The number of allylic oxidation sites excluding steroid dienone is 2. The lowest BCUT2D eigenvalue weighted by atomic mass is 9.55. The third-order valence-corrected chi connectivity index (χ3v) is 12.8. The fourth-order valence-corrected chi connectivity index (χ4v) is 10.1. The molecule has 5 rings (SSSR count). The Labute approximate surface area is 258 Å². The van der Waals surface area contributed by atoms with Gasteiger partial charge in [-0.25, -0.2) is 9.18 Å². The van der Waals surface area contributed by atoms with E-state index in [0.717, 1.165) is 44.9 Å². The summed E-state index contributed by atoms with van der Waals surface area (Å²) in [6.45, 7) is 17.4. The molecule has 1 saturated heterocycles. The molecule has 0 spiro atoms. The average molecular weight is 599 g/mol. The lowest BCUT2D eigenvalue weighted by Crippen LogP contribution is -2.56. The van der Waals surface area contributed by atoms with Crippen LogP contribution in [0.25, 0.3) is 0 Å². The highest BCUT2D eigenvalue weighted by molar-refractivity contribution is 5.89. The highest BCUT2D eigenvalue weighted by Crippen LogP contribution is 2.59. The maximum Gasteiger partial charge on any atom is 0.338 e. The highest BCUT2D eigenvalue weighted by atomic mass is 19.1. The number of aliphatic hydroxyl groups is 2. The van der Waals surface area contributed by atoms with Gasteiger partial charge in [0.2, 0.25) is 0 Å². The first-order valence-electron chi connectivity index (χ1n) is 16.6. The van der Waals surface area contributed by atoms with Gasteiger partial charge in [0.1, 0.15) is 11.9 Å². The van der Waals surface area contributed by atoms with Crippen LogP contribution in [0, 0.1) is 40.3 Å². The summed E-state index contributed by atoms with van der Waals surface area (Å²) in [5.74, 6) is 0.295. The van der Waals surface area contributed by atoms with Crippen molar-refractivity contribution in [3.05, 3.63) is 47.3 Å². The number of carbonyl (C=O) groups excluding carboxylic acids is 1. The Balaban J connectivity index is 1.36. The Morgan fingerprint density at radius 3 is 2.23 bits per heavy atom. The van der Waals surface area contributed by atoms with Crippen LogP contribution in [0.2, 0.25) is 0 Å². The van der Waals surface area contributed by atoms with E-state index in [0.29, 0.717) is 30.2 Å². The first-order chi connectivity index (χ1) is 19.9. The number of ether oxygens (including phenoxy) is 2. The van der Waals surface area contributed by atoms with Crippen molar-refractivity contribution in [2.24, 2.45) is 34.5 Å². The molecule has 2 N–H and O–H groups in total. The molecule has 1 aliphatic heterocycles. The maximum absolute atomic E-state index is 13.4. The Kier molecular flexibility index (Phi) is 8.53. The normalized spacial score (nSPS) is 42.2. The van der Waals surface area contributed by atoms with E-state index in [1.807, 2.05) is 27.7 Å². The van der Waals surface area contributed by atoms with Crippen molar-refractivity contribution in [1.29, 1.82) is 0 Å². The number of hydrogen-bond donors (Lipinski definition) is 2. The fourth-order valence-electron chi connectivity index (χ4n) is 10.1. The minimum absolute atomic E-state index is 0.0236. The zero-order valence-corrected chi connectivity index (χ0v) is 27.7. The van der Waals surface area contributed by atoms with Crippen LogP contribution >= 0.6 is 0 Å². The van der Waals surface area contributed by atoms with Gasteiger partial charge in [0.05, 0.1) is 28.5 Å². The molecule has 0 amide bonds. The van der Waals surface area contributed by atoms with Gasteiger partial charge >= 0.3 is 5.97 Å². The fraction of sp³-hybridized carbons (Fsp3) is 0.757. The number of carbonyl (C=O) groups is 1. The van der Waals surface area contributed by atoms with Crippen molar-refractivity contribution in [2.45, 2.75) is 142 Å². The lowest BCUT2D eigenvalue weighted by Gasteiger charge is -2.54. The molecular weight excluding hydrogens is 543 g/mol. The quantitative estimate of drug-likeness (QED) is 0.265. The van der Waals surface area contributed by atoms with Crippen molar-refractivity contribution in [1.82, 2.24) is 0 Å². The molecule has 43 heavy (non-hydrogen) atoms. The Hall–Kier alpha value is -1.76. The molecule has 9 atom stereocenters. The predicted octanol–water partition coefficient (Wildman–Crippen LogP) is 8.03. The molecular formula is C37H55FO5. The second-order valence-corrected chi connectivity index (χ2v) is 16.3. The van der Waals surface area contributed by atoms with Gasteiger partial charge in [-0.05, 0) is 151 Å². The molecule has 3 fully saturated rings. The van der Waals surface area contributed by atoms with Crippen LogP contribution < -0.4 is 0 Å². The van der Waals surface area contributed by atoms with Crippen LogP contribution in [-0.2, 0) is 9.47 Å². The van der Waals surface area contributed by atoms with Crippen LogP contribution in [0.15, 0.2) is 35.9 Å².